The van der Waals surface area contributed by atoms with Crippen molar-refractivity contribution in [3.05, 3.63) is 18.1 Å². The Morgan fingerprint density at radius 1 is 1.47 bits per heavy atom. The van der Waals surface area contributed by atoms with Crippen LogP contribution >= 0.6 is 0 Å². The first-order valence-corrected chi connectivity index (χ1v) is 5.49. The van der Waals surface area contributed by atoms with Crippen LogP contribution in [0.4, 0.5) is 5.82 Å². The van der Waals surface area contributed by atoms with Gasteiger partial charge in [-0.15, -0.1) is 0 Å². The van der Waals surface area contributed by atoms with Crippen molar-refractivity contribution in [2.24, 2.45) is 0 Å². The number of rotatable bonds is 4. The van der Waals surface area contributed by atoms with Gasteiger partial charge in [-0.1, -0.05) is 0 Å². The highest BCUT2D eigenvalue weighted by molar-refractivity contribution is 5.37. The number of nitrogens with one attached hydrogen (secondary N) is 1. The minimum atomic E-state index is 0.670. The van der Waals surface area contributed by atoms with Gasteiger partial charge in [0.15, 0.2) is 0 Å². The normalized spacial score (nSPS) is 16.1. The topological polar surface area (TPSA) is 41.1 Å². The molecular weight excluding hydrogens is 188 g/mol. The summed E-state index contributed by atoms with van der Waals surface area (Å²) >= 11 is 0. The summed E-state index contributed by atoms with van der Waals surface area (Å²) in [6.07, 6.45) is 7.58. The van der Waals surface area contributed by atoms with Gasteiger partial charge in [0.1, 0.15) is 5.82 Å². The van der Waals surface area contributed by atoms with Crippen molar-refractivity contribution < 1.29 is 0 Å². The SMILES string of the molecule is CNCc1cncc(N(C)C2CCC2)n1. The Morgan fingerprint density at radius 3 is 2.87 bits per heavy atom. The molecule has 0 saturated heterocycles. The molecule has 0 radical (unpaired) electrons. The van der Waals surface area contributed by atoms with Crippen molar-refractivity contribution in [3.63, 3.8) is 0 Å². The Morgan fingerprint density at radius 2 is 2.27 bits per heavy atom. The zero-order valence-electron chi connectivity index (χ0n) is 9.40. The molecule has 1 aliphatic rings. The van der Waals surface area contributed by atoms with Crippen molar-refractivity contribution in [1.29, 1.82) is 0 Å². The zero-order valence-corrected chi connectivity index (χ0v) is 9.40. The average molecular weight is 206 g/mol. The van der Waals surface area contributed by atoms with Crippen LogP contribution < -0.4 is 10.2 Å². The molecule has 0 amide bonds. The van der Waals surface area contributed by atoms with Crippen molar-refractivity contribution in [1.82, 2.24) is 15.3 Å². The predicted octanol–water partition coefficient (Wildman–Crippen LogP) is 1.18. The van der Waals surface area contributed by atoms with Crippen LogP contribution in [0, 0.1) is 0 Å². The fraction of sp³-hybridized carbons (Fsp3) is 0.636. The molecule has 1 heterocycles. The molecule has 1 fully saturated rings. The lowest BCUT2D eigenvalue weighted by atomic mass is 9.92. The molecule has 1 N–H and O–H groups in total. The zero-order chi connectivity index (χ0) is 10.7. The number of nitrogens with zero attached hydrogens (tertiary/aromatic N) is 3. The van der Waals surface area contributed by atoms with Gasteiger partial charge in [-0.2, -0.15) is 0 Å². The molecule has 4 nitrogen and oxygen atoms in total. The van der Waals surface area contributed by atoms with Gasteiger partial charge < -0.3 is 10.2 Å². The fourth-order valence-electron chi connectivity index (χ4n) is 1.79. The molecule has 82 valence electrons. The molecule has 0 aliphatic heterocycles. The summed E-state index contributed by atoms with van der Waals surface area (Å²) in [5.41, 5.74) is 1.00. The molecule has 0 unspecified atom stereocenters. The van der Waals surface area contributed by atoms with E-state index in [1.54, 1.807) is 0 Å². The molecule has 15 heavy (non-hydrogen) atoms. The Bertz CT molecular complexity index is 322. The van der Waals surface area contributed by atoms with E-state index in [4.69, 9.17) is 0 Å². The lowest BCUT2D eigenvalue weighted by molar-refractivity contribution is 0.399. The molecule has 4 heteroatoms. The standard InChI is InChI=1S/C11H18N4/c1-12-6-9-7-13-8-11(14-9)15(2)10-4-3-5-10/h7-8,10,12H,3-6H2,1-2H3. The summed E-state index contributed by atoms with van der Waals surface area (Å²) in [5.74, 6) is 0.993. The van der Waals surface area contributed by atoms with Crippen LogP contribution in [0.2, 0.25) is 0 Å². The van der Waals surface area contributed by atoms with Gasteiger partial charge in [0, 0.05) is 25.8 Å². The molecule has 1 aromatic heterocycles. The second-order valence-electron chi connectivity index (χ2n) is 4.09. The summed E-state index contributed by atoms with van der Waals surface area (Å²) in [5, 5.41) is 3.09. The third kappa shape index (κ3) is 2.26. The highest BCUT2D eigenvalue weighted by Crippen LogP contribution is 2.26. The fourth-order valence-corrected chi connectivity index (χ4v) is 1.79. The first kappa shape index (κ1) is 10.4. The van der Waals surface area contributed by atoms with E-state index in [9.17, 15) is 0 Å². The Labute approximate surface area is 90.7 Å². The first-order valence-electron chi connectivity index (χ1n) is 5.49. The highest BCUT2D eigenvalue weighted by Gasteiger charge is 2.23. The summed E-state index contributed by atoms with van der Waals surface area (Å²) in [4.78, 5) is 11.0. The Kier molecular flexibility index (Phi) is 3.16. The van der Waals surface area contributed by atoms with Gasteiger partial charge in [-0.3, -0.25) is 4.98 Å². The summed E-state index contributed by atoms with van der Waals surface area (Å²) < 4.78 is 0. The molecule has 1 aromatic rings. The molecule has 1 aliphatic carbocycles. The molecule has 0 atom stereocenters. The van der Waals surface area contributed by atoms with Crippen LogP contribution in [-0.2, 0) is 6.54 Å². The second-order valence-corrected chi connectivity index (χ2v) is 4.09. The molecule has 0 spiro atoms. The largest absolute Gasteiger partial charge is 0.355 e. The number of hydrogen-bond donors (Lipinski definition) is 1. The summed E-state index contributed by atoms with van der Waals surface area (Å²) in [7, 11) is 4.03. The average Bonchev–Trinajstić information content (AvgIpc) is 2.16. The van der Waals surface area contributed by atoms with E-state index in [2.05, 4.69) is 27.2 Å². The highest BCUT2D eigenvalue weighted by atomic mass is 15.2. The quantitative estimate of drug-likeness (QED) is 0.803. The number of hydrogen-bond acceptors (Lipinski definition) is 4. The maximum atomic E-state index is 4.57. The van der Waals surface area contributed by atoms with Gasteiger partial charge in [-0.25, -0.2) is 4.98 Å². The second kappa shape index (κ2) is 4.57. The third-order valence-electron chi connectivity index (χ3n) is 3.01. The summed E-state index contributed by atoms with van der Waals surface area (Å²) in [6, 6.07) is 0.670. The van der Waals surface area contributed by atoms with E-state index in [0.29, 0.717) is 6.04 Å². The van der Waals surface area contributed by atoms with Crippen molar-refractivity contribution >= 4 is 5.82 Å². The van der Waals surface area contributed by atoms with E-state index in [1.165, 1.54) is 19.3 Å². The van der Waals surface area contributed by atoms with Gasteiger partial charge >= 0.3 is 0 Å². The van der Waals surface area contributed by atoms with E-state index in [0.717, 1.165) is 18.1 Å². The molecule has 0 bridgehead atoms. The van der Waals surface area contributed by atoms with Gasteiger partial charge in [-0.05, 0) is 26.3 Å². The van der Waals surface area contributed by atoms with Crippen LogP contribution in [0.5, 0.6) is 0 Å². The van der Waals surface area contributed by atoms with Crippen LogP contribution in [0.3, 0.4) is 0 Å². The first-order chi connectivity index (χ1) is 7.31. The van der Waals surface area contributed by atoms with Crippen LogP contribution in [0.15, 0.2) is 12.4 Å². The van der Waals surface area contributed by atoms with Crippen molar-refractivity contribution in [2.75, 3.05) is 19.0 Å². The van der Waals surface area contributed by atoms with Crippen molar-refractivity contribution in [2.45, 2.75) is 31.8 Å². The molecular formula is C11H18N4. The van der Waals surface area contributed by atoms with E-state index in [1.807, 2.05) is 19.4 Å². The molecule has 2 rings (SSSR count). The van der Waals surface area contributed by atoms with E-state index < -0.39 is 0 Å². The minimum Gasteiger partial charge on any atom is -0.355 e. The maximum Gasteiger partial charge on any atom is 0.147 e. The summed E-state index contributed by atoms with van der Waals surface area (Å²) in [6.45, 7) is 0.777. The Balaban J connectivity index is 2.09. The Hall–Kier alpha value is -1.16. The van der Waals surface area contributed by atoms with E-state index >= 15 is 0 Å². The maximum absolute atomic E-state index is 4.57. The third-order valence-corrected chi connectivity index (χ3v) is 3.01. The monoisotopic (exact) mass is 206 g/mol. The van der Waals surface area contributed by atoms with Crippen molar-refractivity contribution in [3.8, 4) is 0 Å². The number of aromatic nitrogens is 2. The minimum absolute atomic E-state index is 0.670. The molecule has 0 aromatic carbocycles. The predicted molar refractivity (Wildman–Crippen MR) is 60.8 cm³/mol. The van der Waals surface area contributed by atoms with Gasteiger partial charge in [0.2, 0.25) is 0 Å². The molecule has 1 saturated carbocycles. The van der Waals surface area contributed by atoms with Crippen LogP contribution in [0.25, 0.3) is 0 Å². The smallest absolute Gasteiger partial charge is 0.147 e. The number of anilines is 1. The van der Waals surface area contributed by atoms with Crippen LogP contribution in [0.1, 0.15) is 25.0 Å². The van der Waals surface area contributed by atoms with Gasteiger partial charge in [0.05, 0.1) is 11.9 Å². The van der Waals surface area contributed by atoms with E-state index in [-0.39, 0.29) is 0 Å². The van der Waals surface area contributed by atoms with Crippen LogP contribution in [-0.4, -0.2) is 30.1 Å². The lowest BCUT2D eigenvalue weighted by Gasteiger charge is -2.35. The lowest BCUT2D eigenvalue weighted by Crippen LogP contribution is -2.37. The van der Waals surface area contributed by atoms with Gasteiger partial charge in [0.25, 0.3) is 0 Å².